The third-order valence-electron chi connectivity index (χ3n) is 5.08. The van der Waals surface area contributed by atoms with E-state index in [4.69, 9.17) is 9.47 Å². The average Bonchev–Trinajstić information content (AvgIpc) is 2.88. The average molecular weight is 240 g/mol. The van der Waals surface area contributed by atoms with E-state index in [0.29, 0.717) is 12.0 Å². The van der Waals surface area contributed by atoms with Crippen molar-refractivity contribution in [3.63, 3.8) is 0 Å². The fourth-order valence-corrected chi connectivity index (χ4v) is 3.79. The predicted molar refractivity (Wildman–Crippen MR) is 64.8 cm³/mol. The normalized spacial score (nSPS) is 40.4. The lowest BCUT2D eigenvalue weighted by molar-refractivity contribution is -0.209. The molecule has 3 heteroatoms. The smallest absolute Gasteiger partial charge is 0.0681 e. The predicted octanol–water partition coefficient (Wildman–Crippen LogP) is 2.12. The molecule has 1 aliphatic heterocycles. The van der Waals surface area contributed by atoms with Crippen molar-refractivity contribution in [2.75, 3.05) is 19.8 Å². The second-order valence-corrected chi connectivity index (χ2v) is 6.10. The van der Waals surface area contributed by atoms with Gasteiger partial charge >= 0.3 is 0 Å². The molecule has 2 aliphatic carbocycles. The Morgan fingerprint density at radius 3 is 2.71 bits per heavy atom. The molecule has 3 rings (SSSR count). The minimum atomic E-state index is -0.104. The van der Waals surface area contributed by atoms with E-state index in [1.54, 1.807) is 0 Å². The highest BCUT2D eigenvalue weighted by atomic mass is 16.5. The van der Waals surface area contributed by atoms with Crippen molar-refractivity contribution in [2.24, 2.45) is 11.3 Å². The molecule has 1 N–H and O–H groups in total. The summed E-state index contributed by atoms with van der Waals surface area (Å²) in [5, 5.41) is 10.1. The molecule has 3 nitrogen and oxygen atoms in total. The molecule has 0 bridgehead atoms. The van der Waals surface area contributed by atoms with Crippen LogP contribution >= 0.6 is 0 Å². The molecule has 17 heavy (non-hydrogen) atoms. The van der Waals surface area contributed by atoms with Gasteiger partial charge in [-0.05, 0) is 19.3 Å². The van der Waals surface area contributed by atoms with E-state index in [1.807, 2.05) is 0 Å². The standard InChI is InChI=1S/C14H24O3/c15-12-8-13(14(12)5-2-1-3-6-14)17-10-11-4-7-16-9-11/h11-13,15H,1-10H2. The van der Waals surface area contributed by atoms with Crippen LogP contribution in [0.4, 0.5) is 0 Å². The van der Waals surface area contributed by atoms with E-state index in [0.717, 1.165) is 32.7 Å². The van der Waals surface area contributed by atoms with Crippen LogP contribution in [0.15, 0.2) is 0 Å². The fraction of sp³-hybridized carbons (Fsp3) is 1.00. The van der Waals surface area contributed by atoms with Crippen molar-refractivity contribution in [3.05, 3.63) is 0 Å². The summed E-state index contributed by atoms with van der Waals surface area (Å²) in [5.41, 5.74) is 0.123. The summed E-state index contributed by atoms with van der Waals surface area (Å²) >= 11 is 0. The van der Waals surface area contributed by atoms with E-state index in [-0.39, 0.29) is 11.5 Å². The topological polar surface area (TPSA) is 38.7 Å². The number of aliphatic hydroxyl groups is 1. The first-order chi connectivity index (χ1) is 8.31. The molecule has 3 fully saturated rings. The SMILES string of the molecule is OC1CC(OCC2CCOC2)C12CCCCC2. The lowest BCUT2D eigenvalue weighted by Crippen LogP contribution is -2.59. The van der Waals surface area contributed by atoms with Crippen molar-refractivity contribution in [1.29, 1.82) is 0 Å². The molecule has 98 valence electrons. The van der Waals surface area contributed by atoms with Gasteiger partial charge in [0, 0.05) is 24.4 Å². The second-order valence-electron chi connectivity index (χ2n) is 6.10. The van der Waals surface area contributed by atoms with Crippen LogP contribution in [-0.2, 0) is 9.47 Å². The molecule has 1 heterocycles. The molecule has 0 radical (unpaired) electrons. The first-order valence-electron chi connectivity index (χ1n) is 7.19. The molecule has 3 unspecified atom stereocenters. The highest BCUT2D eigenvalue weighted by Gasteiger charge is 2.55. The number of aliphatic hydroxyl groups excluding tert-OH is 1. The number of hydrogen-bond acceptors (Lipinski definition) is 3. The maximum Gasteiger partial charge on any atom is 0.0681 e. The van der Waals surface area contributed by atoms with Gasteiger partial charge in [0.05, 0.1) is 25.4 Å². The summed E-state index contributed by atoms with van der Waals surface area (Å²) in [5.74, 6) is 0.591. The van der Waals surface area contributed by atoms with Crippen LogP contribution in [0.25, 0.3) is 0 Å². The van der Waals surface area contributed by atoms with Crippen molar-refractivity contribution in [1.82, 2.24) is 0 Å². The van der Waals surface area contributed by atoms with Crippen LogP contribution < -0.4 is 0 Å². The number of rotatable bonds is 3. The Kier molecular flexibility index (Phi) is 3.42. The first kappa shape index (κ1) is 11.9. The van der Waals surface area contributed by atoms with E-state index in [2.05, 4.69) is 0 Å². The van der Waals surface area contributed by atoms with Gasteiger partial charge in [-0.15, -0.1) is 0 Å². The third-order valence-corrected chi connectivity index (χ3v) is 5.08. The van der Waals surface area contributed by atoms with Gasteiger partial charge in [-0.3, -0.25) is 0 Å². The summed E-state index contributed by atoms with van der Waals surface area (Å²) in [4.78, 5) is 0. The van der Waals surface area contributed by atoms with Crippen LogP contribution in [0.2, 0.25) is 0 Å². The molecular weight excluding hydrogens is 216 g/mol. The van der Waals surface area contributed by atoms with E-state index in [9.17, 15) is 5.11 Å². The zero-order valence-corrected chi connectivity index (χ0v) is 10.6. The molecule has 0 amide bonds. The summed E-state index contributed by atoms with van der Waals surface area (Å²) < 4.78 is 11.5. The van der Waals surface area contributed by atoms with Crippen LogP contribution in [0, 0.1) is 11.3 Å². The van der Waals surface area contributed by atoms with Gasteiger partial charge in [0.25, 0.3) is 0 Å². The van der Waals surface area contributed by atoms with Gasteiger partial charge in [-0.2, -0.15) is 0 Å². The van der Waals surface area contributed by atoms with E-state index >= 15 is 0 Å². The fourth-order valence-electron chi connectivity index (χ4n) is 3.79. The summed E-state index contributed by atoms with van der Waals surface area (Å²) in [6.07, 6.45) is 8.41. The highest BCUT2D eigenvalue weighted by molar-refractivity contribution is 5.05. The second kappa shape index (κ2) is 4.87. The van der Waals surface area contributed by atoms with Gasteiger partial charge < -0.3 is 14.6 Å². The molecule has 1 saturated heterocycles. The van der Waals surface area contributed by atoms with Gasteiger partial charge in [0.1, 0.15) is 0 Å². The third kappa shape index (κ3) is 2.13. The first-order valence-corrected chi connectivity index (χ1v) is 7.19. The van der Waals surface area contributed by atoms with E-state index in [1.165, 1.54) is 32.1 Å². The summed E-state index contributed by atoms with van der Waals surface area (Å²) in [7, 11) is 0. The molecule has 2 saturated carbocycles. The highest BCUT2D eigenvalue weighted by Crippen LogP contribution is 2.53. The molecule has 0 aromatic rings. The maximum atomic E-state index is 10.1. The van der Waals surface area contributed by atoms with Crippen LogP contribution in [0.3, 0.4) is 0 Å². The van der Waals surface area contributed by atoms with Gasteiger partial charge in [0.2, 0.25) is 0 Å². The Bertz CT molecular complexity index is 254. The largest absolute Gasteiger partial charge is 0.392 e. The van der Waals surface area contributed by atoms with Crippen molar-refractivity contribution < 1.29 is 14.6 Å². The summed E-state index contributed by atoms with van der Waals surface area (Å²) in [6.45, 7) is 2.59. The Morgan fingerprint density at radius 1 is 1.24 bits per heavy atom. The van der Waals surface area contributed by atoms with Crippen LogP contribution in [-0.4, -0.2) is 37.1 Å². The lowest BCUT2D eigenvalue weighted by Gasteiger charge is -2.55. The number of hydrogen-bond donors (Lipinski definition) is 1. The minimum Gasteiger partial charge on any atom is -0.392 e. The van der Waals surface area contributed by atoms with Crippen LogP contribution in [0.5, 0.6) is 0 Å². The monoisotopic (exact) mass is 240 g/mol. The quantitative estimate of drug-likeness (QED) is 0.821. The minimum absolute atomic E-state index is 0.104. The Morgan fingerprint density at radius 2 is 2.06 bits per heavy atom. The Hall–Kier alpha value is -0.120. The molecule has 0 aromatic carbocycles. The zero-order valence-electron chi connectivity index (χ0n) is 10.6. The van der Waals surface area contributed by atoms with Crippen molar-refractivity contribution in [3.8, 4) is 0 Å². The Labute approximate surface area is 103 Å². The molecule has 3 atom stereocenters. The zero-order chi connectivity index (χ0) is 11.7. The van der Waals surface area contributed by atoms with Crippen molar-refractivity contribution >= 4 is 0 Å². The van der Waals surface area contributed by atoms with Crippen molar-refractivity contribution in [2.45, 2.75) is 57.2 Å². The summed E-state index contributed by atoms with van der Waals surface area (Å²) in [6, 6.07) is 0. The molecule has 0 aromatic heterocycles. The number of ether oxygens (including phenoxy) is 2. The maximum absolute atomic E-state index is 10.1. The van der Waals surface area contributed by atoms with Gasteiger partial charge in [0.15, 0.2) is 0 Å². The van der Waals surface area contributed by atoms with Gasteiger partial charge in [-0.1, -0.05) is 19.3 Å². The van der Waals surface area contributed by atoms with Gasteiger partial charge in [-0.25, -0.2) is 0 Å². The van der Waals surface area contributed by atoms with E-state index < -0.39 is 0 Å². The van der Waals surface area contributed by atoms with Crippen LogP contribution in [0.1, 0.15) is 44.9 Å². The molecule has 1 spiro atoms. The lowest BCUT2D eigenvalue weighted by atomic mass is 9.56. The molecule has 3 aliphatic rings. The molecular formula is C14H24O3. The Balaban J connectivity index is 1.52.